The first kappa shape index (κ1) is 20.2. The van der Waals surface area contributed by atoms with Crippen LogP contribution in [0.1, 0.15) is 55.1 Å². The summed E-state index contributed by atoms with van der Waals surface area (Å²) < 4.78 is 6.11. The number of nitrogens with zero attached hydrogens (tertiary/aromatic N) is 1. The monoisotopic (exact) mass is 405 g/mol. The molecule has 0 saturated heterocycles. The van der Waals surface area contributed by atoms with Crippen LogP contribution < -0.4 is 4.74 Å². The summed E-state index contributed by atoms with van der Waals surface area (Å²) in [7, 11) is 0. The molecule has 1 heterocycles. The van der Waals surface area contributed by atoms with Gasteiger partial charge in [0.15, 0.2) is 5.78 Å². The van der Waals surface area contributed by atoms with Crippen LogP contribution in [-0.2, 0) is 0 Å². The van der Waals surface area contributed by atoms with Gasteiger partial charge in [0.25, 0.3) is 0 Å². The van der Waals surface area contributed by atoms with Crippen molar-refractivity contribution in [3.63, 3.8) is 0 Å². The van der Waals surface area contributed by atoms with Crippen molar-refractivity contribution in [1.82, 2.24) is 4.98 Å². The van der Waals surface area contributed by atoms with Crippen molar-refractivity contribution in [2.45, 2.75) is 52.1 Å². The average Bonchev–Trinajstić information content (AvgIpc) is 2.66. The molecule has 1 atom stereocenters. The van der Waals surface area contributed by atoms with Crippen LogP contribution in [0.25, 0.3) is 0 Å². The van der Waals surface area contributed by atoms with Crippen LogP contribution in [-0.4, -0.2) is 16.9 Å². The molecule has 1 unspecified atom stereocenters. The fourth-order valence-corrected chi connectivity index (χ4v) is 4.07. The standard InChI is InChI=1S/C22H25Cl2NO2/c1-14(13-20(26)17-3-7-18(23)8-4-17)16-5-9-19(10-6-16)27-21-11-12-25-15(2)22(21)24/h3-4,7-8,11-12,14,16,19H,5-6,9-10,13H2,1-2H3. The Bertz CT molecular complexity index is 783. The van der Waals surface area contributed by atoms with Crippen molar-refractivity contribution >= 4 is 29.0 Å². The van der Waals surface area contributed by atoms with E-state index in [0.29, 0.717) is 28.3 Å². The molecule has 3 nitrogen and oxygen atoms in total. The maximum absolute atomic E-state index is 12.5. The molecule has 3 rings (SSSR count). The molecule has 0 bridgehead atoms. The van der Waals surface area contributed by atoms with Crippen LogP contribution >= 0.6 is 23.2 Å². The first-order chi connectivity index (χ1) is 12.9. The van der Waals surface area contributed by atoms with Crippen LogP contribution in [0.4, 0.5) is 0 Å². The van der Waals surface area contributed by atoms with Gasteiger partial charge in [-0.2, -0.15) is 0 Å². The van der Waals surface area contributed by atoms with Gasteiger partial charge in [0.1, 0.15) is 10.8 Å². The smallest absolute Gasteiger partial charge is 0.163 e. The molecule has 0 radical (unpaired) electrons. The van der Waals surface area contributed by atoms with E-state index in [1.165, 1.54) is 0 Å². The molecule has 1 fully saturated rings. The van der Waals surface area contributed by atoms with Gasteiger partial charge >= 0.3 is 0 Å². The lowest BCUT2D eigenvalue weighted by atomic mass is 9.77. The van der Waals surface area contributed by atoms with Crippen molar-refractivity contribution in [3.8, 4) is 5.75 Å². The number of carbonyl (C=O) groups excluding carboxylic acids is 1. The number of hydrogen-bond acceptors (Lipinski definition) is 3. The minimum absolute atomic E-state index is 0.180. The van der Waals surface area contributed by atoms with Gasteiger partial charge in [0, 0.05) is 29.3 Å². The average molecular weight is 406 g/mol. The maximum Gasteiger partial charge on any atom is 0.163 e. The Kier molecular flexibility index (Phi) is 6.78. The third kappa shape index (κ3) is 5.24. The first-order valence-electron chi connectivity index (χ1n) is 9.50. The summed E-state index contributed by atoms with van der Waals surface area (Å²) in [6.45, 7) is 4.06. The molecule has 5 heteroatoms. The second-order valence-electron chi connectivity index (χ2n) is 7.47. The number of benzene rings is 1. The van der Waals surface area contributed by atoms with Crippen molar-refractivity contribution in [1.29, 1.82) is 0 Å². The summed E-state index contributed by atoms with van der Waals surface area (Å²) in [5.41, 5.74) is 1.53. The lowest BCUT2D eigenvalue weighted by molar-refractivity contribution is 0.0887. The highest BCUT2D eigenvalue weighted by molar-refractivity contribution is 6.32. The summed E-state index contributed by atoms with van der Waals surface area (Å²) in [5, 5.41) is 1.25. The number of ether oxygens (including phenoxy) is 1. The van der Waals surface area contributed by atoms with E-state index in [1.54, 1.807) is 18.3 Å². The molecule has 144 valence electrons. The van der Waals surface area contributed by atoms with E-state index in [2.05, 4.69) is 11.9 Å². The molecule has 1 aromatic heterocycles. The summed E-state index contributed by atoms with van der Waals surface area (Å²) in [6, 6.07) is 8.99. The number of aromatic nitrogens is 1. The topological polar surface area (TPSA) is 39.2 Å². The van der Waals surface area contributed by atoms with Crippen molar-refractivity contribution in [3.05, 3.63) is 57.8 Å². The van der Waals surface area contributed by atoms with E-state index in [4.69, 9.17) is 27.9 Å². The SMILES string of the molecule is Cc1nccc(OC2CCC(C(C)CC(=O)c3ccc(Cl)cc3)CC2)c1Cl. The van der Waals surface area contributed by atoms with E-state index >= 15 is 0 Å². The molecule has 0 aliphatic heterocycles. The summed E-state index contributed by atoms with van der Waals surface area (Å²) >= 11 is 12.2. The zero-order valence-electron chi connectivity index (χ0n) is 15.8. The van der Waals surface area contributed by atoms with Crippen LogP contribution in [0, 0.1) is 18.8 Å². The van der Waals surface area contributed by atoms with Crippen LogP contribution in [0.2, 0.25) is 10.0 Å². The van der Waals surface area contributed by atoms with Gasteiger partial charge in [-0.1, -0.05) is 30.1 Å². The maximum atomic E-state index is 12.5. The fraction of sp³-hybridized carbons (Fsp3) is 0.455. The molecule has 0 amide bonds. The zero-order valence-corrected chi connectivity index (χ0v) is 17.3. The number of pyridine rings is 1. The molecule has 0 spiro atoms. The second-order valence-corrected chi connectivity index (χ2v) is 8.29. The third-order valence-electron chi connectivity index (χ3n) is 5.52. The van der Waals surface area contributed by atoms with Gasteiger partial charge in [0.05, 0.1) is 11.8 Å². The molecule has 27 heavy (non-hydrogen) atoms. The molecular weight excluding hydrogens is 381 g/mol. The van der Waals surface area contributed by atoms with E-state index in [1.807, 2.05) is 25.1 Å². The highest BCUT2D eigenvalue weighted by Gasteiger charge is 2.28. The quantitative estimate of drug-likeness (QED) is 0.511. The van der Waals surface area contributed by atoms with Gasteiger partial charge < -0.3 is 4.74 Å². The van der Waals surface area contributed by atoms with E-state index < -0.39 is 0 Å². The van der Waals surface area contributed by atoms with Crippen LogP contribution in [0.5, 0.6) is 5.75 Å². The molecule has 1 aliphatic rings. The minimum atomic E-state index is 0.180. The van der Waals surface area contributed by atoms with Crippen LogP contribution in [0.3, 0.4) is 0 Å². The summed E-state index contributed by atoms with van der Waals surface area (Å²) in [6.07, 6.45) is 6.60. The van der Waals surface area contributed by atoms with Gasteiger partial charge in [-0.15, -0.1) is 0 Å². The Hall–Kier alpha value is -1.58. The van der Waals surface area contributed by atoms with E-state index in [-0.39, 0.29) is 11.9 Å². The Morgan fingerprint density at radius 3 is 2.48 bits per heavy atom. The van der Waals surface area contributed by atoms with Gasteiger partial charge in [-0.05, 0) is 68.7 Å². The molecule has 1 aromatic carbocycles. The second kappa shape index (κ2) is 9.07. The molecule has 1 saturated carbocycles. The zero-order chi connectivity index (χ0) is 19.4. The number of halogens is 2. The lowest BCUT2D eigenvalue weighted by Crippen LogP contribution is -2.28. The van der Waals surface area contributed by atoms with Gasteiger partial charge in [0.2, 0.25) is 0 Å². The number of hydrogen-bond donors (Lipinski definition) is 0. The Morgan fingerprint density at radius 1 is 1.15 bits per heavy atom. The van der Waals surface area contributed by atoms with Crippen molar-refractivity contribution in [2.75, 3.05) is 0 Å². The van der Waals surface area contributed by atoms with Gasteiger partial charge in [-0.3, -0.25) is 9.78 Å². The van der Waals surface area contributed by atoms with Crippen LogP contribution in [0.15, 0.2) is 36.5 Å². The molecule has 2 aromatic rings. The largest absolute Gasteiger partial charge is 0.489 e. The van der Waals surface area contributed by atoms with Gasteiger partial charge in [-0.25, -0.2) is 0 Å². The molecular formula is C22H25Cl2NO2. The number of rotatable bonds is 6. The Balaban J connectivity index is 1.50. The number of Topliss-reactive ketones (excluding diaryl/α,β-unsaturated/α-hetero) is 1. The predicted molar refractivity (Wildman–Crippen MR) is 110 cm³/mol. The van der Waals surface area contributed by atoms with Crippen molar-refractivity contribution in [2.24, 2.45) is 11.8 Å². The minimum Gasteiger partial charge on any atom is -0.489 e. The predicted octanol–water partition coefficient (Wildman–Crippen LogP) is 6.54. The summed E-state index contributed by atoms with van der Waals surface area (Å²) in [4.78, 5) is 16.7. The Morgan fingerprint density at radius 2 is 1.81 bits per heavy atom. The Labute approximate surface area is 171 Å². The highest BCUT2D eigenvalue weighted by Crippen LogP contribution is 2.35. The number of carbonyl (C=O) groups is 1. The van der Waals surface area contributed by atoms with E-state index in [9.17, 15) is 4.79 Å². The van der Waals surface area contributed by atoms with Crippen molar-refractivity contribution < 1.29 is 9.53 Å². The summed E-state index contributed by atoms with van der Waals surface area (Å²) in [5.74, 6) is 1.83. The molecule has 1 aliphatic carbocycles. The van der Waals surface area contributed by atoms with E-state index in [0.717, 1.165) is 42.7 Å². The lowest BCUT2D eigenvalue weighted by Gasteiger charge is -2.32. The normalized spacial score (nSPS) is 20.9. The number of ketones is 1. The first-order valence-corrected chi connectivity index (χ1v) is 10.3. The third-order valence-corrected chi connectivity index (χ3v) is 6.23. The fourth-order valence-electron chi connectivity index (χ4n) is 3.78. The number of aryl methyl sites for hydroxylation is 1. The molecule has 0 N–H and O–H groups in total. The highest BCUT2D eigenvalue weighted by atomic mass is 35.5.